The minimum absolute atomic E-state index is 0.208. The van der Waals surface area contributed by atoms with Gasteiger partial charge in [0.2, 0.25) is 5.91 Å². The largest absolute Gasteiger partial charge is 0.378 e. The summed E-state index contributed by atoms with van der Waals surface area (Å²) in [6, 6.07) is -0.549. The topological polar surface area (TPSA) is 76.4 Å². The summed E-state index contributed by atoms with van der Waals surface area (Å²) in [5.41, 5.74) is 4.83. The minimum atomic E-state index is -3.05. The van der Waals surface area contributed by atoms with Gasteiger partial charge in [-0.25, -0.2) is 8.78 Å². The molecule has 1 heterocycles. The van der Waals surface area contributed by atoms with Crippen molar-refractivity contribution in [2.75, 3.05) is 32.8 Å². The molecule has 1 aliphatic heterocycles. The summed E-state index contributed by atoms with van der Waals surface area (Å²) in [5.74, 6) is -3.53. The zero-order valence-corrected chi connectivity index (χ0v) is 8.26. The molecule has 1 rings (SSSR count). The molecule has 0 spiro atoms. The van der Waals surface area contributed by atoms with Crippen LogP contribution in [-0.2, 0) is 9.53 Å². The Morgan fingerprint density at radius 3 is 2.93 bits per heavy atom. The molecule has 0 saturated carbocycles. The maximum absolute atomic E-state index is 12.7. The number of ether oxygens (including phenoxy) is 1. The van der Waals surface area contributed by atoms with Gasteiger partial charge < -0.3 is 21.1 Å². The SMILES string of the molecule is NCC(F)(F)CNC(=O)C1COCCN1. The second kappa shape index (κ2) is 5.34. The highest BCUT2D eigenvalue weighted by atomic mass is 19.3. The van der Waals surface area contributed by atoms with Gasteiger partial charge in [-0.2, -0.15) is 0 Å². The van der Waals surface area contributed by atoms with Gasteiger partial charge in [-0.3, -0.25) is 4.79 Å². The van der Waals surface area contributed by atoms with E-state index < -0.39 is 31.0 Å². The monoisotopic (exact) mass is 223 g/mol. The summed E-state index contributed by atoms with van der Waals surface area (Å²) in [6.07, 6.45) is 0. The molecule has 1 aliphatic rings. The number of hydrogen-bond acceptors (Lipinski definition) is 4. The first kappa shape index (κ1) is 12.3. The van der Waals surface area contributed by atoms with Crippen molar-refractivity contribution in [2.24, 2.45) is 5.73 Å². The van der Waals surface area contributed by atoms with Crippen molar-refractivity contribution < 1.29 is 18.3 Å². The summed E-state index contributed by atoms with van der Waals surface area (Å²) in [6.45, 7) is -0.226. The molecule has 7 heteroatoms. The van der Waals surface area contributed by atoms with E-state index in [2.05, 4.69) is 10.6 Å². The summed E-state index contributed by atoms with van der Waals surface area (Å²) >= 11 is 0. The van der Waals surface area contributed by atoms with Crippen LogP contribution < -0.4 is 16.4 Å². The Balaban J connectivity index is 2.28. The number of nitrogens with two attached hydrogens (primary N) is 1. The molecule has 1 unspecified atom stereocenters. The molecule has 1 fully saturated rings. The molecule has 88 valence electrons. The average molecular weight is 223 g/mol. The number of hydrogen-bond donors (Lipinski definition) is 3. The fourth-order valence-electron chi connectivity index (χ4n) is 1.15. The van der Waals surface area contributed by atoms with E-state index in [1.54, 1.807) is 0 Å². The van der Waals surface area contributed by atoms with Crippen LogP contribution in [0.15, 0.2) is 0 Å². The lowest BCUT2D eigenvalue weighted by Gasteiger charge is -2.24. The molecule has 15 heavy (non-hydrogen) atoms. The molecule has 0 aromatic rings. The highest BCUT2D eigenvalue weighted by molar-refractivity contribution is 5.82. The molecule has 0 aromatic heterocycles. The fraction of sp³-hybridized carbons (Fsp3) is 0.875. The molecule has 0 aliphatic carbocycles. The lowest BCUT2D eigenvalue weighted by Crippen LogP contribution is -2.53. The summed E-state index contributed by atoms with van der Waals surface area (Å²) in [5, 5.41) is 4.99. The van der Waals surface area contributed by atoms with Gasteiger partial charge in [0.15, 0.2) is 0 Å². The van der Waals surface area contributed by atoms with Crippen molar-refractivity contribution in [1.82, 2.24) is 10.6 Å². The quantitative estimate of drug-likeness (QED) is 0.553. The Hall–Kier alpha value is -0.790. The number of carbonyl (C=O) groups is 1. The van der Waals surface area contributed by atoms with Crippen LogP contribution in [0.5, 0.6) is 0 Å². The van der Waals surface area contributed by atoms with Gasteiger partial charge in [0.05, 0.1) is 26.3 Å². The third-order valence-corrected chi connectivity index (χ3v) is 2.06. The molecule has 0 aromatic carbocycles. The van der Waals surface area contributed by atoms with Gasteiger partial charge in [0.1, 0.15) is 6.04 Å². The Morgan fingerprint density at radius 1 is 1.67 bits per heavy atom. The van der Waals surface area contributed by atoms with E-state index in [1.807, 2.05) is 0 Å². The molecule has 1 saturated heterocycles. The summed E-state index contributed by atoms with van der Waals surface area (Å²) < 4.78 is 30.4. The number of halogens is 2. The number of alkyl halides is 2. The average Bonchev–Trinajstić information content (AvgIpc) is 2.27. The first-order valence-corrected chi connectivity index (χ1v) is 4.72. The number of morpholine rings is 1. The molecule has 0 radical (unpaired) electrons. The molecule has 1 atom stereocenters. The second-order valence-electron chi connectivity index (χ2n) is 3.36. The molecule has 4 N–H and O–H groups in total. The van der Waals surface area contributed by atoms with E-state index in [9.17, 15) is 13.6 Å². The third kappa shape index (κ3) is 4.06. The smallest absolute Gasteiger partial charge is 0.277 e. The second-order valence-corrected chi connectivity index (χ2v) is 3.36. The van der Waals surface area contributed by atoms with Gasteiger partial charge in [0, 0.05) is 6.54 Å². The number of carbonyl (C=O) groups excluding carboxylic acids is 1. The van der Waals surface area contributed by atoms with Crippen molar-refractivity contribution in [3.63, 3.8) is 0 Å². The fourth-order valence-corrected chi connectivity index (χ4v) is 1.15. The van der Waals surface area contributed by atoms with Crippen molar-refractivity contribution >= 4 is 5.91 Å². The highest BCUT2D eigenvalue weighted by Crippen LogP contribution is 2.08. The summed E-state index contributed by atoms with van der Waals surface area (Å²) in [7, 11) is 0. The molecule has 1 amide bonds. The van der Waals surface area contributed by atoms with Gasteiger partial charge in [-0.05, 0) is 0 Å². The Bertz CT molecular complexity index is 220. The highest BCUT2D eigenvalue weighted by Gasteiger charge is 2.29. The maximum atomic E-state index is 12.7. The third-order valence-electron chi connectivity index (χ3n) is 2.06. The van der Waals surface area contributed by atoms with E-state index in [4.69, 9.17) is 10.5 Å². The lowest BCUT2D eigenvalue weighted by atomic mass is 10.2. The Morgan fingerprint density at radius 2 is 2.40 bits per heavy atom. The van der Waals surface area contributed by atoms with Gasteiger partial charge in [-0.15, -0.1) is 0 Å². The van der Waals surface area contributed by atoms with Gasteiger partial charge in [0.25, 0.3) is 5.92 Å². The lowest BCUT2D eigenvalue weighted by molar-refractivity contribution is -0.127. The maximum Gasteiger partial charge on any atom is 0.277 e. The summed E-state index contributed by atoms with van der Waals surface area (Å²) in [4.78, 5) is 11.3. The van der Waals surface area contributed by atoms with Gasteiger partial charge >= 0.3 is 0 Å². The van der Waals surface area contributed by atoms with Crippen LogP contribution in [0.3, 0.4) is 0 Å². The van der Waals surface area contributed by atoms with E-state index in [0.29, 0.717) is 13.2 Å². The van der Waals surface area contributed by atoms with E-state index in [1.165, 1.54) is 0 Å². The van der Waals surface area contributed by atoms with Gasteiger partial charge in [-0.1, -0.05) is 0 Å². The van der Waals surface area contributed by atoms with Crippen molar-refractivity contribution in [3.8, 4) is 0 Å². The van der Waals surface area contributed by atoms with Crippen LogP contribution in [0.25, 0.3) is 0 Å². The Labute approximate surface area is 86.3 Å². The molecular formula is C8H15F2N3O2. The Kier molecular flexibility index (Phi) is 4.37. The van der Waals surface area contributed by atoms with Crippen LogP contribution in [-0.4, -0.2) is 50.7 Å². The number of amides is 1. The van der Waals surface area contributed by atoms with Crippen molar-refractivity contribution in [1.29, 1.82) is 0 Å². The van der Waals surface area contributed by atoms with E-state index in [-0.39, 0.29) is 6.61 Å². The zero-order valence-electron chi connectivity index (χ0n) is 8.26. The van der Waals surface area contributed by atoms with Crippen LogP contribution in [0.4, 0.5) is 8.78 Å². The minimum Gasteiger partial charge on any atom is -0.378 e. The zero-order chi connectivity index (χ0) is 11.3. The van der Waals surface area contributed by atoms with E-state index >= 15 is 0 Å². The van der Waals surface area contributed by atoms with Crippen LogP contribution in [0.2, 0.25) is 0 Å². The predicted octanol–water partition coefficient (Wildman–Crippen LogP) is -1.31. The van der Waals surface area contributed by atoms with Crippen LogP contribution >= 0.6 is 0 Å². The first-order chi connectivity index (χ1) is 7.05. The predicted molar refractivity (Wildman–Crippen MR) is 49.6 cm³/mol. The van der Waals surface area contributed by atoms with E-state index in [0.717, 1.165) is 0 Å². The first-order valence-electron chi connectivity index (χ1n) is 4.72. The number of rotatable bonds is 4. The molecule has 0 bridgehead atoms. The van der Waals surface area contributed by atoms with Crippen LogP contribution in [0, 0.1) is 0 Å². The number of nitrogens with one attached hydrogen (secondary N) is 2. The molecular weight excluding hydrogens is 208 g/mol. The van der Waals surface area contributed by atoms with Crippen molar-refractivity contribution in [2.45, 2.75) is 12.0 Å². The normalized spacial score (nSPS) is 22.5. The van der Waals surface area contributed by atoms with Crippen molar-refractivity contribution in [3.05, 3.63) is 0 Å². The molecule has 5 nitrogen and oxygen atoms in total. The standard InChI is InChI=1S/C8H15F2N3O2/c9-8(10,4-11)5-13-7(14)6-3-15-2-1-12-6/h6,12H,1-5,11H2,(H,13,14). The van der Waals surface area contributed by atoms with Crippen LogP contribution in [0.1, 0.15) is 0 Å².